The zero-order valence-electron chi connectivity index (χ0n) is 9.32. The minimum atomic E-state index is -1.08. The Morgan fingerprint density at radius 3 is 2.53 bits per heavy atom. The van der Waals surface area contributed by atoms with E-state index in [1.54, 1.807) is 26.2 Å². The maximum absolute atomic E-state index is 11.4. The predicted molar refractivity (Wildman–Crippen MR) is 72.0 cm³/mol. The second-order valence-corrected chi connectivity index (χ2v) is 4.70. The standard InChI is InChI=1S/C10H12IN3O3/c1-14(2)13-10(17)12-8-4-3-6(11)5-7(8)9(15)16/h3-5H,1-2H3,(H,15,16)(H2,12,13,17). The van der Waals surface area contributed by atoms with Gasteiger partial charge >= 0.3 is 12.0 Å². The summed E-state index contributed by atoms with van der Waals surface area (Å²) in [6.07, 6.45) is 0. The van der Waals surface area contributed by atoms with Gasteiger partial charge in [0.2, 0.25) is 0 Å². The SMILES string of the molecule is CN(C)NC(=O)Nc1ccc(I)cc1C(=O)O. The first-order valence-electron chi connectivity index (χ1n) is 4.68. The average molecular weight is 349 g/mol. The van der Waals surface area contributed by atoms with E-state index in [4.69, 9.17) is 5.11 Å². The molecule has 0 aromatic heterocycles. The first-order chi connectivity index (χ1) is 7.90. The molecule has 1 rings (SSSR count). The fourth-order valence-electron chi connectivity index (χ4n) is 1.16. The average Bonchev–Trinajstić information content (AvgIpc) is 2.19. The van der Waals surface area contributed by atoms with Crippen LogP contribution >= 0.6 is 22.6 Å². The Hall–Kier alpha value is -1.35. The van der Waals surface area contributed by atoms with E-state index >= 15 is 0 Å². The van der Waals surface area contributed by atoms with E-state index in [0.717, 1.165) is 3.57 Å². The van der Waals surface area contributed by atoms with Crippen molar-refractivity contribution in [2.75, 3.05) is 19.4 Å². The molecule has 17 heavy (non-hydrogen) atoms. The molecule has 0 aliphatic heterocycles. The summed E-state index contributed by atoms with van der Waals surface area (Å²) in [5, 5.41) is 12.9. The van der Waals surface area contributed by atoms with Crippen LogP contribution in [0.15, 0.2) is 18.2 Å². The maximum atomic E-state index is 11.4. The molecule has 0 bridgehead atoms. The van der Waals surface area contributed by atoms with Crippen molar-refractivity contribution in [2.45, 2.75) is 0 Å². The van der Waals surface area contributed by atoms with Crippen LogP contribution in [0.1, 0.15) is 10.4 Å². The maximum Gasteiger partial charge on any atom is 0.337 e. The Labute approximate surface area is 112 Å². The van der Waals surface area contributed by atoms with Crippen LogP contribution in [0, 0.1) is 3.57 Å². The molecule has 1 aromatic carbocycles. The van der Waals surface area contributed by atoms with Gasteiger partial charge < -0.3 is 10.4 Å². The lowest BCUT2D eigenvalue weighted by atomic mass is 10.2. The van der Waals surface area contributed by atoms with Crippen LogP contribution in [0.3, 0.4) is 0 Å². The molecule has 0 atom stereocenters. The Balaban J connectivity index is 2.91. The van der Waals surface area contributed by atoms with Gasteiger partial charge in [-0.25, -0.2) is 14.6 Å². The number of nitrogens with zero attached hydrogens (tertiary/aromatic N) is 1. The minimum Gasteiger partial charge on any atom is -0.478 e. The number of hydrogen-bond acceptors (Lipinski definition) is 3. The number of carboxylic acids is 1. The molecule has 0 radical (unpaired) electrons. The molecule has 6 nitrogen and oxygen atoms in total. The highest BCUT2D eigenvalue weighted by molar-refractivity contribution is 14.1. The van der Waals surface area contributed by atoms with Gasteiger partial charge in [-0.15, -0.1) is 0 Å². The largest absolute Gasteiger partial charge is 0.478 e. The molecule has 0 unspecified atom stereocenters. The molecule has 0 fully saturated rings. The number of carbonyl (C=O) groups is 2. The molecule has 92 valence electrons. The van der Waals surface area contributed by atoms with Gasteiger partial charge in [-0.1, -0.05) is 0 Å². The van der Waals surface area contributed by atoms with Crippen molar-refractivity contribution in [1.82, 2.24) is 10.4 Å². The van der Waals surface area contributed by atoms with E-state index < -0.39 is 12.0 Å². The van der Waals surface area contributed by atoms with Crippen molar-refractivity contribution in [2.24, 2.45) is 0 Å². The smallest absolute Gasteiger partial charge is 0.337 e. The summed E-state index contributed by atoms with van der Waals surface area (Å²) in [6, 6.07) is 4.28. The van der Waals surface area contributed by atoms with E-state index in [0.29, 0.717) is 0 Å². The second kappa shape index (κ2) is 5.82. The zero-order valence-corrected chi connectivity index (χ0v) is 11.5. The summed E-state index contributed by atoms with van der Waals surface area (Å²) in [5.74, 6) is -1.08. The fraction of sp³-hybridized carbons (Fsp3) is 0.200. The molecule has 2 amide bonds. The summed E-state index contributed by atoms with van der Waals surface area (Å²) in [4.78, 5) is 22.4. The van der Waals surface area contributed by atoms with E-state index in [9.17, 15) is 9.59 Å². The van der Waals surface area contributed by atoms with Gasteiger partial charge in [-0.3, -0.25) is 5.43 Å². The topological polar surface area (TPSA) is 81.7 Å². The van der Waals surface area contributed by atoms with Crippen molar-refractivity contribution in [3.63, 3.8) is 0 Å². The van der Waals surface area contributed by atoms with Crippen molar-refractivity contribution in [1.29, 1.82) is 0 Å². The first kappa shape index (κ1) is 13.7. The van der Waals surface area contributed by atoms with Gasteiger partial charge in [0, 0.05) is 17.7 Å². The van der Waals surface area contributed by atoms with E-state index in [2.05, 4.69) is 10.7 Å². The summed E-state index contributed by atoms with van der Waals surface area (Å²) in [7, 11) is 3.32. The Morgan fingerprint density at radius 1 is 1.35 bits per heavy atom. The third kappa shape index (κ3) is 4.19. The monoisotopic (exact) mass is 349 g/mol. The molecule has 0 saturated heterocycles. The zero-order chi connectivity index (χ0) is 13.0. The molecule has 0 aliphatic rings. The van der Waals surface area contributed by atoms with Gasteiger partial charge in [-0.05, 0) is 40.8 Å². The number of hydrogen-bond donors (Lipinski definition) is 3. The summed E-state index contributed by atoms with van der Waals surface area (Å²) in [6.45, 7) is 0. The molecule has 0 spiro atoms. The Bertz CT molecular complexity index is 448. The van der Waals surface area contributed by atoms with E-state index in [1.165, 1.54) is 11.1 Å². The van der Waals surface area contributed by atoms with Crippen LogP contribution < -0.4 is 10.7 Å². The number of amides is 2. The van der Waals surface area contributed by atoms with Gasteiger partial charge in [0.25, 0.3) is 0 Å². The second-order valence-electron chi connectivity index (χ2n) is 3.46. The number of hydrazine groups is 1. The van der Waals surface area contributed by atoms with Gasteiger partial charge in [0.1, 0.15) is 0 Å². The van der Waals surface area contributed by atoms with Gasteiger partial charge in [0.05, 0.1) is 11.3 Å². The molecular weight excluding hydrogens is 337 g/mol. The van der Waals surface area contributed by atoms with Gasteiger partial charge in [-0.2, -0.15) is 0 Å². The molecule has 0 saturated carbocycles. The van der Waals surface area contributed by atoms with Crippen LogP contribution in [0.4, 0.5) is 10.5 Å². The molecule has 1 aromatic rings. The number of urea groups is 1. The Kier molecular flexibility index (Phi) is 4.70. The number of rotatable bonds is 3. The predicted octanol–water partition coefficient (Wildman–Crippen LogP) is 1.59. The minimum absolute atomic E-state index is 0.0609. The highest BCUT2D eigenvalue weighted by atomic mass is 127. The van der Waals surface area contributed by atoms with Crippen molar-refractivity contribution in [3.8, 4) is 0 Å². The lowest BCUT2D eigenvalue weighted by Crippen LogP contribution is -2.39. The number of halogens is 1. The molecule has 0 heterocycles. The molecule has 3 N–H and O–H groups in total. The lowest BCUT2D eigenvalue weighted by molar-refractivity contribution is 0.0698. The van der Waals surface area contributed by atoms with Crippen molar-refractivity contribution < 1.29 is 14.7 Å². The lowest BCUT2D eigenvalue weighted by Gasteiger charge is -2.14. The molecular formula is C10H12IN3O3. The van der Waals surface area contributed by atoms with Crippen LogP contribution in [-0.2, 0) is 0 Å². The third-order valence-electron chi connectivity index (χ3n) is 1.79. The quantitative estimate of drug-likeness (QED) is 0.572. The van der Waals surface area contributed by atoms with Crippen molar-refractivity contribution >= 4 is 40.3 Å². The number of aromatic carboxylic acids is 1. The number of anilines is 1. The highest BCUT2D eigenvalue weighted by Gasteiger charge is 2.12. The fourth-order valence-corrected chi connectivity index (χ4v) is 1.65. The highest BCUT2D eigenvalue weighted by Crippen LogP contribution is 2.18. The number of nitrogens with one attached hydrogen (secondary N) is 2. The molecule has 0 aliphatic carbocycles. The Morgan fingerprint density at radius 2 is 2.00 bits per heavy atom. The number of benzene rings is 1. The van der Waals surface area contributed by atoms with Crippen LogP contribution in [-0.4, -0.2) is 36.2 Å². The third-order valence-corrected chi connectivity index (χ3v) is 2.46. The normalized spacial score (nSPS) is 10.1. The van der Waals surface area contributed by atoms with E-state index in [-0.39, 0.29) is 11.3 Å². The molecule has 7 heteroatoms. The summed E-state index contributed by atoms with van der Waals surface area (Å²) < 4.78 is 0.790. The van der Waals surface area contributed by atoms with Gasteiger partial charge in [0.15, 0.2) is 0 Å². The van der Waals surface area contributed by atoms with Crippen molar-refractivity contribution in [3.05, 3.63) is 27.3 Å². The van der Waals surface area contributed by atoms with Crippen LogP contribution in [0.25, 0.3) is 0 Å². The number of carbonyl (C=O) groups excluding carboxylic acids is 1. The number of carboxylic acid groups (broad SMARTS) is 1. The first-order valence-corrected chi connectivity index (χ1v) is 5.76. The van der Waals surface area contributed by atoms with Crippen LogP contribution in [0.2, 0.25) is 0 Å². The van der Waals surface area contributed by atoms with Crippen LogP contribution in [0.5, 0.6) is 0 Å². The summed E-state index contributed by atoms with van der Waals surface area (Å²) in [5.41, 5.74) is 2.78. The van der Waals surface area contributed by atoms with E-state index in [1.807, 2.05) is 22.6 Å². The summed E-state index contributed by atoms with van der Waals surface area (Å²) >= 11 is 2.01.